The Morgan fingerprint density at radius 3 is 2.53 bits per heavy atom. The van der Waals surface area contributed by atoms with Gasteiger partial charge in [0.25, 0.3) is 0 Å². The Bertz CT molecular complexity index is 481. The third-order valence-electron chi connectivity index (χ3n) is 3.07. The molecule has 2 rings (SSSR count). The molecule has 0 saturated carbocycles. The Balaban J connectivity index is 1.97. The average molecular weight is 276 g/mol. The normalized spacial score (nSPS) is 14.1. The fraction of sp³-hybridized carbons (Fsp3) is 0.400. The van der Waals surface area contributed by atoms with E-state index in [4.69, 9.17) is 4.74 Å². The molecule has 1 heterocycles. The van der Waals surface area contributed by atoms with Crippen molar-refractivity contribution >= 4 is 11.3 Å². The van der Waals surface area contributed by atoms with E-state index in [1.54, 1.807) is 11.3 Å². The molecule has 0 amide bonds. The summed E-state index contributed by atoms with van der Waals surface area (Å²) in [5.41, 5.74) is 3.13. The molecule has 0 aliphatic heterocycles. The summed E-state index contributed by atoms with van der Waals surface area (Å²) >= 11 is 1.68. The van der Waals surface area contributed by atoms with Gasteiger partial charge in [0.1, 0.15) is 5.75 Å². The van der Waals surface area contributed by atoms with Gasteiger partial charge in [-0.3, -0.25) is 4.98 Å². The van der Waals surface area contributed by atoms with Gasteiger partial charge in [0.15, 0.2) is 0 Å². The molecule has 2 unspecified atom stereocenters. The summed E-state index contributed by atoms with van der Waals surface area (Å²) in [5.74, 6) is 0.925. The lowest BCUT2D eigenvalue weighted by atomic mass is 10.1. The number of nitrogens with zero attached hydrogens (tertiary/aromatic N) is 1. The Labute approximate surface area is 118 Å². The number of hydrogen-bond donors (Lipinski definition) is 1. The predicted molar refractivity (Wildman–Crippen MR) is 79.7 cm³/mol. The fourth-order valence-corrected chi connectivity index (χ4v) is 2.65. The summed E-state index contributed by atoms with van der Waals surface area (Å²) in [4.78, 5) is 5.38. The van der Waals surface area contributed by atoms with E-state index in [0.717, 1.165) is 5.75 Å². The van der Waals surface area contributed by atoms with Gasteiger partial charge in [-0.2, -0.15) is 0 Å². The predicted octanol–water partition coefficient (Wildman–Crippen LogP) is 3.95. The lowest BCUT2D eigenvalue weighted by molar-refractivity contribution is 0.340. The fourth-order valence-electron chi connectivity index (χ4n) is 2.01. The molecule has 0 aliphatic carbocycles. The minimum atomic E-state index is 0.299. The van der Waals surface area contributed by atoms with Crippen molar-refractivity contribution in [1.82, 2.24) is 10.3 Å². The molecule has 0 saturated heterocycles. The van der Waals surface area contributed by atoms with Gasteiger partial charge in [0, 0.05) is 23.2 Å². The first kappa shape index (κ1) is 14.0. The quantitative estimate of drug-likeness (QED) is 0.867. The summed E-state index contributed by atoms with van der Waals surface area (Å²) in [6, 6.07) is 8.88. The zero-order valence-electron chi connectivity index (χ0n) is 11.6. The topological polar surface area (TPSA) is 34.1 Å². The number of rotatable bonds is 6. The van der Waals surface area contributed by atoms with Crippen molar-refractivity contribution in [2.24, 2.45) is 0 Å². The highest BCUT2D eigenvalue weighted by atomic mass is 32.1. The lowest BCUT2D eigenvalue weighted by Gasteiger charge is -2.19. The molecule has 1 aromatic heterocycles. The highest BCUT2D eigenvalue weighted by Gasteiger charge is 2.12. The molecule has 2 aromatic rings. The second-order valence-corrected chi connectivity index (χ2v) is 5.43. The standard InChI is InChI=1S/C15H20N2OS/c1-4-18-14-7-5-13(6-8-14)11(2)17-12(3)15-9-16-10-19-15/h5-12,17H,4H2,1-3H3. The minimum Gasteiger partial charge on any atom is -0.494 e. The highest BCUT2D eigenvalue weighted by molar-refractivity contribution is 7.09. The number of aromatic nitrogens is 1. The van der Waals surface area contributed by atoms with Crippen LogP contribution in [0.5, 0.6) is 5.75 Å². The van der Waals surface area contributed by atoms with Crippen LogP contribution >= 0.6 is 11.3 Å². The van der Waals surface area contributed by atoms with Crippen LogP contribution in [0.4, 0.5) is 0 Å². The van der Waals surface area contributed by atoms with Crippen LogP contribution in [0.2, 0.25) is 0 Å². The van der Waals surface area contributed by atoms with E-state index in [1.807, 2.05) is 30.8 Å². The summed E-state index contributed by atoms with van der Waals surface area (Å²) in [7, 11) is 0. The van der Waals surface area contributed by atoms with Crippen LogP contribution in [0, 0.1) is 0 Å². The maximum atomic E-state index is 5.45. The summed E-state index contributed by atoms with van der Waals surface area (Å²) in [5, 5.41) is 3.58. The van der Waals surface area contributed by atoms with E-state index in [-0.39, 0.29) is 0 Å². The monoisotopic (exact) mass is 276 g/mol. The van der Waals surface area contributed by atoms with Crippen LogP contribution < -0.4 is 10.1 Å². The molecule has 0 spiro atoms. The Morgan fingerprint density at radius 1 is 1.21 bits per heavy atom. The molecular weight excluding hydrogens is 256 g/mol. The van der Waals surface area contributed by atoms with E-state index < -0.39 is 0 Å². The second-order valence-electron chi connectivity index (χ2n) is 4.52. The summed E-state index contributed by atoms with van der Waals surface area (Å²) in [6.07, 6.45) is 1.92. The van der Waals surface area contributed by atoms with Gasteiger partial charge in [-0.15, -0.1) is 11.3 Å². The van der Waals surface area contributed by atoms with E-state index in [9.17, 15) is 0 Å². The van der Waals surface area contributed by atoms with Crippen molar-refractivity contribution in [2.45, 2.75) is 32.9 Å². The largest absolute Gasteiger partial charge is 0.494 e. The molecule has 0 radical (unpaired) electrons. The average Bonchev–Trinajstić information content (AvgIpc) is 2.94. The van der Waals surface area contributed by atoms with Crippen LogP contribution in [-0.2, 0) is 0 Å². The third-order valence-corrected chi connectivity index (χ3v) is 4.03. The van der Waals surface area contributed by atoms with Gasteiger partial charge >= 0.3 is 0 Å². The van der Waals surface area contributed by atoms with Gasteiger partial charge < -0.3 is 10.1 Å². The molecule has 2 atom stereocenters. The van der Waals surface area contributed by atoms with Crippen molar-refractivity contribution < 1.29 is 4.74 Å². The molecule has 0 fully saturated rings. The van der Waals surface area contributed by atoms with Gasteiger partial charge in [-0.25, -0.2) is 0 Å². The number of thiazole rings is 1. The number of ether oxygens (including phenoxy) is 1. The second kappa shape index (κ2) is 6.68. The van der Waals surface area contributed by atoms with Crippen molar-refractivity contribution in [3.63, 3.8) is 0 Å². The molecule has 0 aliphatic rings. The Hall–Kier alpha value is -1.39. The van der Waals surface area contributed by atoms with E-state index >= 15 is 0 Å². The Kier molecular flexibility index (Phi) is 4.93. The van der Waals surface area contributed by atoms with Crippen molar-refractivity contribution in [3.05, 3.63) is 46.4 Å². The smallest absolute Gasteiger partial charge is 0.119 e. The number of nitrogens with one attached hydrogen (secondary N) is 1. The van der Waals surface area contributed by atoms with E-state index in [2.05, 4.69) is 36.3 Å². The zero-order chi connectivity index (χ0) is 13.7. The van der Waals surface area contributed by atoms with Crippen LogP contribution in [0.3, 0.4) is 0 Å². The van der Waals surface area contributed by atoms with Crippen LogP contribution in [-0.4, -0.2) is 11.6 Å². The number of benzene rings is 1. The maximum absolute atomic E-state index is 5.45. The summed E-state index contributed by atoms with van der Waals surface area (Å²) < 4.78 is 5.45. The van der Waals surface area contributed by atoms with Gasteiger partial charge in [0.2, 0.25) is 0 Å². The lowest BCUT2D eigenvalue weighted by Crippen LogP contribution is -2.21. The molecule has 1 aromatic carbocycles. The number of hydrogen-bond acceptors (Lipinski definition) is 4. The molecule has 1 N–H and O–H groups in total. The van der Waals surface area contributed by atoms with Crippen molar-refractivity contribution in [2.75, 3.05) is 6.61 Å². The first-order valence-corrected chi connectivity index (χ1v) is 7.46. The van der Waals surface area contributed by atoms with Gasteiger partial charge in [-0.1, -0.05) is 12.1 Å². The molecule has 4 heteroatoms. The first-order valence-electron chi connectivity index (χ1n) is 6.58. The van der Waals surface area contributed by atoms with Crippen LogP contribution in [0.1, 0.15) is 43.3 Å². The molecule has 19 heavy (non-hydrogen) atoms. The maximum Gasteiger partial charge on any atom is 0.119 e. The zero-order valence-corrected chi connectivity index (χ0v) is 12.4. The molecular formula is C15H20N2OS. The molecule has 3 nitrogen and oxygen atoms in total. The van der Waals surface area contributed by atoms with Crippen molar-refractivity contribution in [3.8, 4) is 5.75 Å². The van der Waals surface area contributed by atoms with Gasteiger partial charge in [0.05, 0.1) is 12.1 Å². The first-order chi connectivity index (χ1) is 9.20. The van der Waals surface area contributed by atoms with E-state index in [0.29, 0.717) is 18.7 Å². The third kappa shape index (κ3) is 3.78. The van der Waals surface area contributed by atoms with Crippen LogP contribution in [0.25, 0.3) is 0 Å². The summed E-state index contributed by atoms with van der Waals surface area (Å²) in [6.45, 7) is 7.04. The SMILES string of the molecule is CCOc1ccc(C(C)NC(C)c2cncs2)cc1. The minimum absolute atomic E-state index is 0.299. The highest BCUT2D eigenvalue weighted by Crippen LogP contribution is 2.23. The molecule has 0 bridgehead atoms. The van der Waals surface area contributed by atoms with Gasteiger partial charge in [-0.05, 0) is 38.5 Å². The van der Waals surface area contributed by atoms with E-state index in [1.165, 1.54) is 10.4 Å². The van der Waals surface area contributed by atoms with Crippen LogP contribution in [0.15, 0.2) is 36.0 Å². The Morgan fingerprint density at radius 2 is 1.95 bits per heavy atom. The molecule has 102 valence electrons. The van der Waals surface area contributed by atoms with Crippen molar-refractivity contribution in [1.29, 1.82) is 0 Å².